The van der Waals surface area contributed by atoms with Crippen molar-refractivity contribution in [3.63, 3.8) is 0 Å². The van der Waals surface area contributed by atoms with E-state index in [0.717, 1.165) is 5.56 Å². The molecule has 4 atom stereocenters. The monoisotopic (exact) mass is 789 g/mol. The minimum Gasteiger partial charge on any atom is -0.493 e. The van der Waals surface area contributed by atoms with Gasteiger partial charge >= 0.3 is 12.2 Å². The van der Waals surface area contributed by atoms with Crippen LogP contribution in [0.25, 0.3) is 0 Å². The van der Waals surface area contributed by atoms with Crippen molar-refractivity contribution in [3.05, 3.63) is 44.0 Å². The van der Waals surface area contributed by atoms with Gasteiger partial charge in [-0.3, -0.25) is 19.3 Å². The zero-order chi connectivity index (χ0) is 41.7. The van der Waals surface area contributed by atoms with Crippen molar-refractivity contribution < 1.29 is 67.4 Å². The summed E-state index contributed by atoms with van der Waals surface area (Å²) in [5, 5.41) is 24.3. The number of amides is 3. The molecule has 0 bridgehead atoms. The van der Waals surface area contributed by atoms with E-state index in [2.05, 4.69) is 20.3 Å². The standard InChI is InChI=1S/C34H55N5O16/c1-21(2)24(14-23-10-11-27(49-8)29(15-23)50-13-9-12-48-7)16-26(37-32(42)51-19-53-38(44)45)28(55-33(43)52-20-54-39(46)47)17-25(22(3)4)30(40)36-18-34(5,6)31(35)41/h10-11,15,21-22,24-26,28H,9,12-14,16-20H2,1-8H3,(H2,35,41)(H,36,40)(H,37,42). The van der Waals surface area contributed by atoms with Crippen molar-refractivity contribution in [2.75, 3.05) is 47.6 Å². The van der Waals surface area contributed by atoms with Crippen molar-refractivity contribution in [1.82, 2.24) is 10.6 Å². The van der Waals surface area contributed by atoms with Crippen LogP contribution in [0.3, 0.4) is 0 Å². The largest absolute Gasteiger partial charge is 0.510 e. The molecule has 0 heterocycles. The van der Waals surface area contributed by atoms with Crippen molar-refractivity contribution in [3.8, 4) is 11.5 Å². The molecule has 0 saturated carbocycles. The zero-order valence-corrected chi connectivity index (χ0v) is 32.6. The third kappa shape index (κ3) is 18.5. The number of carbonyl (C=O) groups excluding carboxylic acids is 4. The van der Waals surface area contributed by atoms with E-state index in [1.165, 1.54) is 7.11 Å². The summed E-state index contributed by atoms with van der Waals surface area (Å²) in [6.07, 6.45) is -3.11. The number of methoxy groups -OCH3 is 2. The molecule has 312 valence electrons. The topological polar surface area (TPSA) is 278 Å². The molecule has 0 aliphatic heterocycles. The van der Waals surface area contributed by atoms with E-state index in [4.69, 9.17) is 34.2 Å². The van der Waals surface area contributed by atoms with Crippen LogP contribution in [0.15, 0.2) is 18.2 Å². The van der Waals surface area contributed by atoms with Gasteiger partial charge in [-0.15, -0.1) is 20.2 Å². The number of nitrogens with two attached hydrogens (primary N) is 1. The molecular weight excluding hydrogens is 734 g/mol. The van der Waals surface area contributed by atoms with E-state index in [0.29, 0.717) is 37.6 Å². The molecule has 0 spiro atoms. The Morgan fingerprint density at radius 3 is 2.07 bits per heavy atom. The highest BCUT2D eigenvalue weighted by molar-refractivity contribution is 5.83. The summed E-state index contributed by atoms with van der Waals surface area (Å²) in [6.45, 7) is 8.99. The van der Waals surface area contributed by atoms with Crippen LogP contribution in [0.2, 0.25) is 0 Å². The minimum atomic E-state index is -1.42. The molecule has 21 heteroatoms. The van der Waals surface area contributed by atoms with Gasteiger partial charge in [-0.2, -0.15) is 0 Å². The first-order chi connectivity index (χ1) is 25.8. The van der Waals surface area contributed by atoms with Crippen LogP contribution in [0.5, 0.6) is 11.5 Å². The van der Waals surface area contributed by atoms with Gasteiger partial charge in [0, 0.05) is 32.6 Å². The van der Waals surface area contributed by atoms with Gasteiger partial charge in [-0.1, -0.05) is 33.8 Å². The van der Waals surface area contributed by atoms with Gasteiger partial charge in [-0.05, 0) is 68.6 Å². The predicted molar refractivity (Wildman–Crippen MR) is 191 cm³/mol. The second kappa shape index (κ2) is 24.1. The van der Waals surface area contributed by atoms with Crippen LogP contribution in [-0.2, 0) is 44.6 Å². The Kier molecular flexibility index (Phi) is 20.9. The minimum absolute atomic E-state index is 0.0728. The predicted octanol–water partition coefficient (Wildman–Crippen LogP) is 3.55. The molecule has 1 rings (SSSR count). The van der Waals surface area contributed by atoms with Gasteiger partial charge in [0.1, 0.15) is 6.10 Å². The van der Waals surface area contributed by atoms with E-state index in [9.17, 15) is 39.4 Å². The molecule has 1 aromatic carbocycles. The van der Waals surface area contributed by atoms with Crippen molar-refractivity contribution in [2.24, 2.45) is 34.8 Å². The lowest BCUT2D eigenvalue weighted by atomic mass is 9.80. The fraction of sp³-hybridized carbons (Fsp3) is 0.706. The fourth-order valence-electron chi connectivity index (χ4n) is 5.21. The number of benzene rings is 1. The van der Waals surface area contributed by atoms with E-state index < -0.39 is 77.2 Å². The van der Waals surface area contributed by atoms with E-state index in [1.54, 1.807) is 40.9 Å². The number of hydrogen-bond acceptors (Lipinski definition) is 16. The maximum atomic E-state index is 13.6. The van der Waals surface area contributed by atoms with Crippen molar-refractivity contribution in [1.29, 1.82) is 0 Å². The number of nitrogens with zero attached hydrogens (tertiary/aromatic N) is 2. The molecule has 4 unspecified atom stereocenters. The first-order valence-electron chi connectivity index (χ1n) is 17.5. The number of primary amides is 1. The second-order valence-corrected chi connectivity index (χ2v) is 13.9. The quantitative estimate of drug-likeness (QED) is 0.0378. The van der Waals surface area contributed by atoms with Gasteiger partial charge < -0.3 is 44.8 Å². The van der Waals surface area contributed by atoms with E-state index in [1.807, 2.05) is 26.0 Å². The van der Waals surface area contributed by atoms with E-state index >= 15 is 0 Å². The van der Waals surface area contributed by atoms with Crippen LogP contribution in [0.1, 0.15) is 66.4 Å². The molecule has 3 amide bonds. The maximum Gasteiger partial charge on any atom is 0.510 e. The first-order valence-corrected chi connectivity index (χ1v) is 17.5. The molecule has 21 nitrogen and oxygen atoms in total. The third-order valence-electron chi connectivity index (χ3n) is 8.66. The fourth-order valence-corrected chi connectivity index (χ4v) is 5.21. The number of ether oxygens (including phenoxy) is 6. The molecule has 4 N–H and O–H groups in total. The number of alkyl carbamates (subject to hydrolysis) is 1. The summed E-state index contributed by atoms with van der Waals surface area (Å²) < 4.78 is 31.7. The van der Waals surface area contributed by atoms with Gasteiger partial charge in [0.25, 0.3) is 10.2 Å². The second-order valence-electron chi connectivity index (χ2n) is 13.9. The van der Waals surface area contributed by atoms with Gasteiger partial charge in [0.15, 0.2) is 11.5 Å². The Morgan fingerprint density at radius 1 is 0.891 bits per heavy atom. The molecule has 1 aromatic rings. The van der Waals surface area contributed by atoms with Crippen LogP contribution in [0.4, 0.5) is 9.59 Å². The Labute approximate surface area is 319 Å². The van der Waals surface area contributed by atoms with Gasteiger partial charge in [0.05, 0.1) is 25.2 Å². The third-order valence-corrected chi connectivity index (χ3v) is 8.66. The maximum absolute atomic E-state index is 13.6. The number of hydrogen-bond donors (Lipinski definition) is 3. The Morgan fingerprint density at radius 2 is 1.53 bits per heavy atom. The van der Waals surface area contributed by atoms with Crippen LogP contribution in [0, 0.1) is 49.3 Å². The lowest BCUT2D eigenvalue weighted by Crippen LogP contribution is -2.50. The molecule has 0 radical (unpaired) electrons. The number of rotatable bonds is 27. The highest BCUT2D eigenvalue weighted by atomic mass is 17.0. The molecule has 0 saturated heterocycles. The highest BCUT2D eigenvalue weighted by Crippen LogP contribution is 2.33. The number of nitrogens with one attached hydrogen (secondary N) is 2. The Bertz CT molecular complexity index is 1410. The average molecular weight is 790 g/mol. The molecule has 0 aliphatic rings. The Balaban J connectivity index is 3.62. The molecule has 55 heavy (non-hydrogen) atoms. The SMILES string of the molecule is COCCCOc1cc(CC(CC(NC(=O)OCO[N+](=O)[O-])C(CC(C(=O)NCC(C)(C)C(N)=O)C(C)C)OC(=O)OCO[N+](=O)[O-])C(C)C)ccc1OC. The first kappa shape index (κ1) is 47.7. The van der Waals surface area contributed by atoms with Crippen LogP contribution in [-0.4, -0.2) is 93.9 Å². The normalized spacial score (nSPS) is 13.4. The molecular formula is C34H55N5O16. The average Bonchev–Trinajstić information content (AvgIpc) is 3.09. The van der Waals surface area contributed by atoms with Crippen molar-refractivity contribution >= 4 is 24.1 Å². The summed E-state index contributed by atoms with van der Waals surface area (Å²) >= 11 is 0. The lowest BCUT2D eigenvalue weighted by Gasteiger charge is -2.34. The highest BCUT2D eigenvalue weighted by Gasteiger charge is 2.37. The summed E-state index contributed by atoms with van der Waals surface area (Å²) in [5.41, 5.74) is 5.20. The summed E-state index contributed by atoms with van der Waals surface area (Å²) in [4.78, 5) is 80.9. The van der Waals surface area contributed by atoms with Gasteiger partial charge in [0.2, 0.25) is 25.4 Å². The summed E-state index contributed by atoms with van der Waals surface area (Å²) in [7, 11) is 3.10. The number of carbonyl (C=O) groups is 4. The molecule has 0 aromatic heterocycles. The van der Waals surface area contributed by atoms with Crippen molar-refractivity contribution in [2.45, 2.75) is 79.4 Å². The summed E-state index contributed by atoms with van der Waals surface area (Å²) in [5.74, 6) is -1.85. The van der Waals surface area contributed by atoms with E-state index in [-0.39, 0.29) is 31.2 Å². The Hall–Kier alpha value is -5.34. The zero-order valence-electron chi connectivity index (χ0n) is 32.6. The van der Waals surface area contributed by atoms with Crippen LogP contribution < -0.4 is 25.8 Å². The van der Waals surface area contributed by atoms with Crippen LogP contribution >= 0.6 is 0 Å². The smallest absolute Gasteiger partial charge is 0.493 e. The molecule has 0 fully saturated rings. The van der Waals surface area contributed by atoms with Gasteiger partial charge in [-0.25, -0.2) is 9.59 Å². The lowest BCUT2D eigenvalue weighted by molar-refractivity contribution is -0.765. The summed E-state index contributed by atoms with van der Waals surface area (Å²) in [6, 6.07) is 4.26. The molecule has 0 aliphatic carbocycles.